The van der Waals surface area contributed by atoms with Gasteiger partial charge in [0, 0.05) is 12.5 Å². The summed E-state index contributed by atoms with van der Waals surface area (Å²) in [6, 6.07) is 17.2. The number of nitrogens with one attached hydrogen (secondary N) is 1. The minimum Gasteiger partial charge on any atom is -0.354 e. The molecule has 0 aliphatic heterocycles. The van der Waals surface area contributed by atoms with E-state index in [9.17, 15) is 4.79 Å². The SMILES string of the molecule is N[C@H](C(=O)NCC1Cc2ccccc21)c1ccccc1. The van der Waals surface area contributed by atoms with Gasteiger partial charge in [-0.1, -0.05) is 54.6 Å². The van der Waals surface area contributed by atoms with E-state index in [2.05, 4.69) is 23.5 Å². The third kappa shape index (κ3) is 2.45. The maximum Gasteiger partial charge on any atom is 0.241 e. The first-order valence-electron chi connectivity index (χ1n) is 6.92. The predicted molar refractivity (Wildman–Crippen MR) is 79.3 cm³/mol. The fraction of sp³-hybridized carbons (Fsp3) is 0.235. The van der Waals surface area contributed by atoms with Gasteiger partial charge in [-0.05, 0) is 23.1 Å². The first-order chi connectivity index (χ1) is 9.75. The van der Waals surface area contributed by atoms with E-state index in [1.54, 1.807) is 0 Å². The molecule has 2 aromatic rings. The van der Waals surface area contributed by atoms with E-state index in [0.717, 1.165) is 12.0 Å². The van der Waals surface area contributed by atoms with Crippen molar-refractivity contribution in [2.75, 3.05) is 6.54 Å². The Kier molecular flexibility index (Phi) is 3.52. The minimum atomic E-state index is -0.591. The van der Waals surface area contributed by atoms with Crippen LogP contribution in [-0.4, -0.2) is 12.5 Å². The molecule has 3 rings (SSSR count). The minimum absolute atomic E-state index is 0.111. The Bertz CT molecular complexity index is 609. The van der Waals surface area contributed by atoms with Gasteiger partial charge in [-0.2, -0.15) is 0 Å². The number of carbonyl (C=O) groups excluding carboxylic acids is 1. The second-order valence-electron chi connectivity index (χ2n) is 5.23. The molecule has 0 bridgehead atoms. The number of carbonyl (C=O) groups is 1. The molecule has 0 radical (unpaired) electrons. The van der Waals surface area contributed by atoms with Crippen LogP contribution in [0.3, 0.4) is 0 Å². The predicted octanol–water partition coefficient (Wildman–Crippen LogP) is 2.14. The molecule has 0 saturated carbocycles. The topological polar surface area (TPSA) is 55.1 Å². The molecule has 1 amide bonds. The van der Waals surface area contributed by atoms with Gasteiger partial charge in [0.15, 0.2) is 0 Å². The van der Waals surface area contributed by atoms with Gasteiger partial charge in [0.1, 0.15) is 6.04 Å². The maximum atomic E-state index is 12.1. The van der Waals surface area contributed by atoms with Crippen LogP contribution in [0.15, 0.2) is 54.6 Å². The molecule has 0 fully saturated rings. The molecule has 102 valence electrons. The monoisotopic (exact) mass is 266 g/mol. The summed E-state index contributed by atoms with van der Waals surface area (Å²) in [5, 5.41) is 2.96. The second kappa shape index (κ2) is 5.47. The lowest BCUT2D eigenvalue weighted by Crippen LogP contribution is -2.38. The van der Waals surface area contributed by atoms with Crippen molar-refractivity contribution >= 4 is 5.91 Å². The van der Waals surface area contributed by atoms with Crippen molar-refractivity contribution in [3.05, 3.63) is 71.3 Å². The van der Waals surface area contributed by atoms with Crippen LogP contribution in [0.4, 0.5) is 0 Å². The van der Waals surface area contributed by atoms with Crippen molar-refractivity contribution in [3.63, 3.8) is 0 Å². The Labute approximate surface area is 118 Å². The number of rotatable bonds is 4. The summed E-state index contributed by atoms with van der Waals surface area (Å²) in [7, 11) is 0. The van der Waals surface area contributed by atoms with Crippen LogP contribution in [0.5, 0.6) is 0 Å². The highest BCUT2D eigenvalue weighted by Gasteiger charge is 2.26. The molecule has 3 N–H and O–H groups in total. The number of benzene rings is 2. The van der Waals surface area contributed by atoms with Crippen molar-refractivity contribution in [3.8, 4) is 0 Å². The van der Waals surface area contributed by atoms with Crippen molar-refractivity contribution in [1.29, 1.82) is 0 Å². The van der Waals surface area contributed by atoms with Gasteiger partial charge in [-0.15, -0.1) is 0 Å². The van der Waals surface area contributed by atoms with Gasteiger partial charge in [0.2, 0.25) is 5.91 Å². The molecule has 1 unspecified atom stereocenters. The number of hydrogen-bond donors (Lipinski definition) is 2. The van der Waals surface area contributed by atoms with E-state index in [4.69, 9.17) is 5.73 Å². The maximum absolute atomic E-state index is 12.1. The fourth-order valence-electron chi connectivity index (χ4n) is 2.69. The molecular weight excluding hydrogens is 248 g/mol. The molecule has 0 heterocycles. The number of nitrogens with two attached hydrogens (primary N) is 1. The van der Waals surface area contributed by atoms with E-state index in [1.807, 2.05) is 36.4 Å². The highest BCUT2D eigenvalue weighted by Crippen LogP contribution is 2.34. The van der Waals surface area contributed by atoms with Crippen molar-refractivity contribution in [2.45, 2.75) is 18.4 Å². The number of hydrogen-bond acceptors (Lipinski definition) is 2. The van der Waals surface area contributed by atoms with E-state index in [-0.39, 0.29) is 5.91 Å². The lowest BCUT2D eigenvalue weighted by atomic mass is 9.77. The van der Waals surface area contributed by atoms with Gasteiger partial charge in [0.25, 0.3) is 0 Å². The van der Waals surface area contributed by atoms with Crippen molar-refractivity contribution < 1.29 is 4.79 Å². The molecule has 1 aliphatic rings. The molecule has 2 atom stereocenters. The summed E-state index contributed by atoms with van der Waals surface area (Å²) in [6.45, 7) is 0.663. The van der Waals surface area contributed by atoms with Gasteiger partial charge >= 0.3 is 0 Å². The van der Waals surface area contributed by atoms with Crippen LogP contribution < -0.4 is 11.1 Å². The Morgan fingerprint density at radius 3 is 2.60 bits per heavy atom. The molecule has 0 spiro atoms. The van der Waals surface area contributed by atoms with Crippen LogP contribution >= 0.6 is 0 Å². The number of amides is 1. The molecular formula is C17H18N2O. The molecule has 1 aliphatic carbocycles. The highest BCUT2D eigenvalue weighted by molar-refractivity contribution is 5.83. The van der Waals surface area contributed by atoms with Crippen LogP contribution in [0.2, 0.25) is 0 Å². The molecule has 3 nitrogen and oxygen atoms in total. The van der Waals surface area contributed by atoms with Gasteiger partial charge in [0.05, 0.1) is 0 Å². The first-order valence-corrected chi connectivity index (χ1v) is 6.92. The van der Waals surface area contributed by atoms with Crippen molar-refractivity contribution in [2.24, 2.45) is 5.73 Å². The molecule has 20 heavy (non-hydrogen) atoms. The average molecular weight is 266 g/mol. The van der Waals surface area contributed by atoms with Crippen LogP contribution in [-0.2, 0) is 11.2 Å². The smallest absolute Gasteiger partial charge is 0.241 e. The van der Waals surface area contributed by atoms with Crippen LogP contribution in [0, 0.1) is 0 Å². The van der Waals surface area contributed by atoms with Crippen molar-refractivity contribution in [1.82, 2.24) is 5.32 Å². The molecule has 0 saturated heterocycles. The average Bonchev–Trinajstić information content (AvgIpc) is 2.48. The lowest BCUT2D eigenvalue weighted by molar-refractivity contribution is -0.122. The van der Waals surface area contributed by atoms with E-state index in [1.165, 1.54) is 11.1 Å². The zero-order valence-corrected chi connectivity index (χ0v) is 11.3. The summed E-state index contributed by atoms with van der Waals surface area (Å²) in [6.07, 6.45) is 1.04. The standard InChI is InChI=1S/C17H18N2O/c18-16(12-6-2-1-3-7-12)17(20)19-11-14-10-13-8-4-5-9-15(13)14/h1-9,14,16H,10-11,18H2,(H,19,20)/t14?,16-/m0/s1. The normalized spacial score (nSPS) is 17.8. The van der Waals surface area contributed by atoms with E-state index >= 15 is 0 Å². The third-order valence-corrected chi connectivity index (χ3v) is 3.93. The van der Waals surface area contributed by atoms with E-state index < -0.39 is 6.04 Å². The van der Waals surface area contributed by atoms with Gasteiger partial charge < -0.3 is 11.1 Å². The Morgan fingerprint density at radius 1 is 1.15 bits per heavy atom. The zero-order valence-electron chi connectivity index (χ0n) is 11.3. The molecule has 0 aromatic heterocycles. The Morgan fingerprint density at radius 2 is 1.85 bits per heavy atom. The highest BCUT2D eigenvalue weighted by atomic mass is 16.2. The Balaban J connectivity index is 1.56. The summed E-state index contributed by atoms with van der Waals surface area (Å²) in [4.78, 5) is 12.1. The zero-order chi connectivity index (χ0) is 13.9. The fourth-order valence-corrected chi connectivity index (χ4v) is 2.69. The quantitative estimate of drug-likeness (QED) is 0.891. The third-order valence-electron chi connectivity index (χ3n) is 3.93. The summed E-state index contributed by atoms with van der Waals surface area (Å²) < 4.78 is 0. The van der Waals surface area contributed by atoms with E-state index in [0.29, 0.717) is 12.5 Å². The molecule has 2 aromatic carbocycles. The van der Waals surface area contributed by atoms with Gasteiger partial charge in [-0.25, -0.2) is 0 Å². The lowest BCUT2D eigenvalue weighted by Gasteiger charge is -2.30. The number of fused-ring (bicyclic) bond motifs is 1. The van der Waals surface area contributed by atoms with Crippen LogP contribution in [0.25, 0.3) is 0 Å². The Hall–Kier alpha value is -2.13. The molecule has 3 heteroatoms. The summed E-state index contributed by atoms with van der Waals surface area (Å²) >= 11 is 0. The summed E-state index contributed by atoms with van der Waals surface area (Å²) in [5.74, 6) is 0.318. The largest absolute Gasteiger partial charge is 0.354 e. The summed E-state index contributed by atoms with van der Waals surface area (Å²) in [5.41, 5.74) is 9.55. The van der Waals surface area contributed by atoms with Crippen LogP contribution in [0.1, 0.15) is 28.7 Å². The first kappa shape index (κ1) is 12.9. The van der Waals surface area contributed by atoms with Gasteiger partial charge in [-0.3, -0.25) is 4.79 Å². The second-order valence-corrected chi connectivity index (χ2v) is 5.23.